The van der Waals surface area contributed by atoms with Gasteiger partial charge in [0, 0.05) is 38.8 Å². The zero-order valence-corrected chi connectivity index (χ0v) is 22.8. The van der Waals surface area contributed by atoms with Gasteiger partial charge < -0.3 is 14.2 Å². The van der Waals surface area contributed by atoms with E-state index in [2.05, 4.69) is 60.0 Å². The Balaban J connectivity index is 1.22. The fourth-order valence-electron chi connectivity index (χ4n) is 6.58. The summed E-state index contributed by atoms with van der Waals surface area (Å²) in [7, 11) is 3.40. The van der Waals surface area contributed by atoms with Gasteiger partial charge in [-0.3, -0.25) is 14.6 Å². The second-order valence-electron chi connectivity index (χ2n) is 11.6. The molecular formula is C31H42N2O4. The Morgan fingerprint density at radius 1 is 1.00 bits per heavy atom. The minimum atomic E-state index is -0.0227. The van der Waals surface area contributed by atoms with Gasteiger partial charge >= 0.3 is 5.97 Å². The number of benzene rings is 2. The van der Waals surface area contributed by atoms with Crippen LogP contribution >= 0.6 is 0 Å². The molecule has 2 aromatic rings. The van der Waals surface area contributed by atoms with E-state index in [4.69, 9.17) is 14.2 Å². The second-order valence-corrected chi connectivity index (χ2v) is 11.6. The summed E-state index contributed by atoms with van der Waals surface area (Å²) in [5, 5.41) is 0. The summed E-state index contributed by atoms with van der Waals surface area (Å²) in [4.78, 5) is 17.9. The zero-order chi connectivity index (χ0) is 25.9. The smallest absolute Gasteiger partial charge is 0.311 e. The Kier molecular flexibility index (Phi) is 8.06. The normalized spacial score (nSPS) is 24.2. The van der Waals surface area contributed by atoms with E-state index in [9.17, 15) is 4.79 Å². The summed E-state index contributed by atoms with van der Waals surface area (Å²) in [6.07, 6.45) is 3.21. The molecule has 0 N–H and O–H groups in total. The van der Waals surface area contributed by atoms with Crippen LogP contribution in [0.2, 0.25) is 0 Å². The molecule has 0 amide bonds. The van der Waals surface area contributed by atoms with Gasteiger partial charge in [-0.05, 0) is 65.8 Å². The number of piperidine rings is 1. The zero-order valence-electron chi connectivity index (χ0n) is 22.8. The third-order valence-electron chi connectivity index (χ3n) is 8.53. The largest absolute Gasteiger partial charge is 0.493 e. The average molecular weight is 507 g/mol. The fourth-order valence-corrected chi connectivity index (χ4v) is 6.58. The van der Waals surface area contributed by atoms with E-state index in [-0.39, 0.29) is 11.9 Å². The first-order valence-corrected chi connectivity index (χ1v) is 13.9. The molecule has 6 heteroatoms. The van der Waals surface area contributed by atoms with Gasteiger partial charge in [0.25, 0.3) is 0 Å². The molecule has 200 valence electrons. The van der Waals surface area contributed by atoms with Gasteiger partial charge in [0.2, 0.25) is 0 Å². The minimum Gasteiger partial charge on any atom is -0.493 e. The predicted molar refractivity (Wildman–Crippen MR) is 145 cm³/mol. The topological polar surface area (TPSA) is 51.2 Å². The molecule has 0 bridgehead atoms. The minimum absolute atomic E-state index is 0.000479. The molecular weight excluding hydrogens is 464 g/mol. The van der Waals surface area contributed by atoms with E-state index in [1.807, 2.05) is 6.07 Å². The molecule has 2 aromatic carbocycles. The summed E-state index contributed by atoms with van der Waals surface area (Å²) in [5.74, 6) is 3.11. The van der Waals surface area contributed by atoms with Crippen LogP contribution in [0.25, 0.3) is 0 Å². The molecule has 3 unspecified atom stereocenters. The first kappa shape index (κ1) is 26.1. The molecule has 0 radical (unpaired) electrons. The van der Waals surface area contributed by atoms with Crippen molar-refractivity contribution >= 4 is 5.97 Å². The number of fused-ring (bicyclic) bond motifs is 3. The van der Waals surface area contributed by atoms with Gasteiger partial charge in [-0.1, -0.05) is 44.2 Å². The van der Waals surface area contributed by atoms with Crippen molar-refractivity contribution in [1.82, 2.24) is 9.80 Å². The molecule has 0 aliphatic carbocycles. The number of likely N-dealkylation sites (tertiary alicyclic amines) is 1. The lowest BCUT2D eigenvalue weighted by molar-refractivity contribution is -0.158. The van der Waals surface area contributed by atoms with Crippen LogP contribution in [0.15, 0.2) is 42.5 Å². The number of hydrogen-bond acceptors (Lipinski definition) is 6. The van der Waals surface area contributed by atoms with Gasteiger partial charge in [-0.25, -0.2) is 0 Å². The molecule has 37 heavy (non-hydrogen) atoms. The first-order chi connectivity index (χ1) is 17.9. The van der Waals surface area contributed by atoms with E-state index in [0.717, 1.165) is 57.1 Å². The molecule has 6 nitrogen and oxygen atoms in total. The van der Waals surface area contributed by atoms with E-state index >= 15 is 0 Å². The third kappa shape index (κ3) is 5.80. The summed E-state index contributed by atoms with van der Waals surface area (Å²) in [6.45, 7) is 9.73. The van der Waals surface area contributed by atoms with Crippen LogP contribution in [0.4, 0.5) is 0 Å². The number of esters is 1. The standard InChI is InChI=1S/C31H42N2O4/c1-21(2)12-24-19-33-11-10-23-14-29(35-3)30(36-4)15-27(23)28(33)13-25(24)20-37-31(34)26-17-32(18-26)16-22-8-6-5-7-9-22/h5-9,14-15,21,24-26,28H,10-13,16-20H2,1-4H3. The molecule has 0 aromatic heterocycles. The molecule has 2 saturated heterocycles. The van der Waals surface area contributed by atoms with Crippen LogP contribution in [0.3, 0.4) is 0 Å². The average Bonchev–Trinajstić information content (AvgIpc) is 2.88. The van der Waals surface area contributed by atoms with Gasteiger partial charge in [0.05, 0.1) is 26.7 Å². The highest BCUT2D eigenvalue weighted by Crippen LogP contribution is 2.45. The van der Waals surface area contributed by atoms with Crippen LogP contribution < -0.4 is 9.47 Å². The maximum atomic E-state index is 12.9. The summed E-state index contributed by atoms with van der Waals surface area (Å²) >= 11 is 0. The molecule has 3 heterocycles. The van der Waals surface area contributed by atoms with Crippen molar-refractivity contribution in [3.8, 4) is 11.5 Å². The van der Waals surface area contributed by atoms with E-state index < -0.39 is 0 Å². The Morgan fingerprint density at radius 2 is 1.73 bits per heavy atom. The lowest BCUT2D eigenvalue weighted by atomic mass is 9.74. The maximum Gasteiger partial charge on any atom is 0.311 e. The van der Waals surface area contributed by atoms with Gasteiger partial charge in [0.1, 0.15) is 0 Å². The van der Waals surface area contributed by atoms with Crippen molar-refractivity contribution < 1.29 is 19.0 Å². The monoisotopic (exact) mass is 506 g/mol. The number of carbonyl (C=O) groups excluding carboxylic acids is 1. The Morgan fingerprint density at radius 3 is 2.43 bits per heavy atom. The summed E-state index contributed by atoms with van der Waals surface area (Å²) in [6, 6.07) is 15.1. The fraction of sp³-hybridized carbons (Fsp3) is 0.581. The van der Waals surface area contributed by atoms with Crippen molar-refractivity contribution in [2.45, 2.75) is 45.7 Å². The number of rotatable bonds is 9. The Bertz CT molecular complexity index is 1070. The van der Waals surface area contributed by atoms with E-state index in [1.54, 1.807) is 14.2 Å². The van der Waals surface area contributed by atoms with Crippen molar-refractivity contribution in [2.75, 3.05) is 47.0 Å². The predicted octanol–water partition coefficient (Wildman–Crippen LogP) is 4.96. The SMILES string of the molecule is COc1cc2c(cc1OC)C1CC(COC(=O)C3CN(Cc4ccccc4)C3)C(CC(C)C)CN1CC2. The molecule has 3 aliphatic heterocycles. The summed E-state index contributed by atoms with van der Waals surface area (Å²) in [5.41, 5.74) is 3.99. The van der Waals surface area contributed by atoms with Gasteiger partial charge in [-0.15, -0.1) is 0 Å². The lowest BCUT2D eigenvalue weighted by Gasteiger charge is -2.47. The van der Waals surface area contributed by atoms with Crippen molar-refractivity contribution in [3.63, 3.8) is 0 Å². The molecule has 3 atom stereocenters. The third-order valence-corrected chi connectivity index (χ3v) is 8.53. The van der Waals surface area contributed by atoms with Gasteiger partial charge in [0.15, 0.2) is 11.5 Å². The number of nitrogens with zero attached hydrogens (tertiary/aromatic N) is 2. The Hall–Kier alpha value is -2.57. The first-order valence-electron chi connectivity index (χ1n) is 13.9. The highest BCUT2D eigenvalue weighted by atomic mass is 16.5. The van der Waals surface area contributed by atoms with Crippen LogP contribution in [-0.2, 0) is 22.5 Å². The summed E-state index contributed by atoms with van der Waals surface area (Å²) < 4.78 is 17.2. The number of hydrogen-bond donors (Lipinski definition) is 0. The van der Waals surface area contributed by atoms with Crippen molar-refractivity contribution in [2.24, 2.45) is 23.7 Å². The molecule has 2 fully saturated rings. The lowest BCUT2D eigenvalue weighted by Crippen LogP contribution is -2.51. The Labute approximate surface area is 221 Å². The highest BCUT2D eigenvalue weighted by molar-refractivity contribution is 5.74. The van der Waals surface area contributed by atoms with Crippen molar-refractivity contribution in [3.05, 3.63) is 59.2 Å². The van der Waals surface area contributed by atoms with E-state index in [0.29, 0.717) is 30.4 Å². The molecule has 0 saturated carbocycles. The quantitative estimate of drug-likeness (QED) is 0.448. The second kappa shape index (κ2) is 11.4. The van der Waals surface area contributed by atoms with Crippen LogP contribution in [-0.4, -0.2) is 62.8 Å². The number of methoxy groups -OCH3 is 2. The van der Waals surface area contributed by atoms with Gasteiger partial charge in [-0.2, -0.15) is 0 Å². The molecule has 0 spiro atoms. The molecule has 3 aliphatic rings. The highest BCUT2D eigenvalue weighted by Gasteiger charge is 2.41. The number of carbonyl (C=O) groups is 1. The van der Waals surface area contributed by atoms with Crippen LogP contribution in [0.1, 0.15) is 49.4 Å². The van der Waals surface area contributed by atoms with Crippen molar-refractivity contribution in [1.29, 1.82) is 0 Å². The number of ether oxygens (including phenoxy) is 3. The maximum absolute atomic E-state index is 12.9. The van der Waals surface area contributed by atoms with Crippen LogP contribution in [0.5, 0.6) is 11.5 Å². The van der Waals surface area contributed by atoms with E-state index in [1.165, 1.54) is 23.1 Å². The van der Waals surface area contributed by atoms with Crippen LogP contribution in [0, 0.1) is 23.7 Å². The molecule has 5 rings (SSSR count).